The van der Waals surface area contributed by atoms with Gasteiger partial charge in [0.25, 0.3) is 17.4 Å². The number of nitrogens with zero attached hydrogens (tertiary/aromatic N) is 6. The summed E-state index contributed by atoms with van der Waals surface area (Å²) < 4.78 is 11.8. The van der Waals surface area contributed by atoms with Crippen molar-refractivity contribution in [1.29, 1.82) is 0 Å². The fraction of sp³-hybridized carbons (Fsp3) is 0.258. The molecular formula is C31H24Cl2N8O11S4. The minimum absolute atomic E-state index is 0.0372. The highest BCUT2D eigenvalue weighted by atomic mass is 35.5. The molecule has 2 aliphatic heterocycles. The van der Waals surface area contributed by atoms with Gasteiger partial charge in [0.1, 0.15) is 34.6 Å². The molecule has 0 bridgehead atoms. The maximum atomic E-state index is 13.6. The van der Waals surface area contributed by atoms with Crippen LogP contribution in [-0.2, 0) is 28.8 Å². The van der Waals surface area contributed by atoms with Crippen molar-refractivity contribution in [3.8, 4) is 11.5 Å². The number of hydrogen-bond donors (Lipinski definition) is 3. The zero-order chi connectivity index (χ0) is 40.4. The summed E-state index contributed by atoms with van der Waals surface area (Å²) in [7, 11) is 0. The molecule has 2 amide bonds. The predicted octanol–water partition coefficient (Wildman–Crippen LogP) is 2.19. The van der Waals surface area contributed by atoms with E-state index in [1.807, 2.05) is 0 Å². The molecule has 2 aliphatic rings. The lowest BCUT2D eigenvalue weighted by Gasteiger charge is -2.49. The molecule has 19 nitrogen and oxygen atoms in total. The Morgan fingerprint density at radius 2 is 1.77 bits per heavy atom. The van der Waals surface area contributed by atoms with E-state index in [4.69, 9.17) is 43.2 Å². The average molecular weight is 884 g/mol. The van der Waals surface area contributed by atoms with Gasteiger partial charge < -0.3 is 30.5 Å². The number of thioether (sulfide) groups is 2. The Labute approximate surface area is 340 Å². The number of carbonyl (C=O) groups excluding carboxylic acids is 5. The minimum Gasteiger partial charge on any atom is -0.477 e. The first-order chi connectivity index (χ1) is 26.7. The van der Waals surface area contributed by atoms with E-state index in [0.29, 0.717) is 20.6 Å². The maximum absolute atomic E-state index is 13.6. The van der Waals surface area contributed by atoms with Gasteiger partial charge in [0.2, 0.25) is 4.96 Å². The lowest BCUT2D eigenvalue weighted by atomic mass is 10.0. The molecule has 0 radical (unpaired) electrons. The number of carboxylic acids is 1. The molecule has 0 aliphatic carbocycles. The van der Waals surface area contributed by atoms with Crippen LogP contribution in [0.5, 0.6) is 11.5 Å². The van der Waals surface area contributed by atoms with Crippen molar-refractivity contribution in [2.75, 3.05) is 29.0 Å². The van der Waals surface area contributed by atoms with E-state index in [-0.39, 0.29) is 56.2 Å². The number of carboxylic acid groups (broad SMARTS) is 1. The molecule has 1 aromatic carbocycles. The lowest BCUT2D eigenvalue weighted by Crippen LogP contribution is -2.71. The SMILES string of the molecule is Cc1cc(=O)n2nc(SCC3=C(C(=O)O)N4C(=O)[C@@H](NC(=O)C(=NOC(=O)c5cc(OC(=O)CCl)c(OC(=O)CCl)cc5C)c5csc(N)n5)[C@H]4SC3)sc2n1. The van der Waals surface area contributed by atoms with E-state index in [9.17, 15) is 38.7 Å². The van der Waals surface area contributed by atoms with Crippen molar-refractivity contribution in [3.63, 3.8) is 0 Å². The first kappa shape index (κ1) is 40.6. The third-order valence-corrected chi connectivity index (χ3v) is 12.2. The van der Waals surface area contributed by atoms with E-state index in [1.54, 1.807) is 6.92 Å². The number of oxime groups is 1. The Morgan fingerprint density at radius 1 is 1.07 bits per heavy atom. The molecule has 1 fully saturated rings. The molecule has 3 aromatic heterocycles. The summed E-state index contributed by atoms with van der Waals surface area (Å²) in [5.41, 5.74) is 5.43. The van der Waals surface area contributed by atoms with Crippen molar-refractivity contribution < 1.29 is 48.2 Å². The predicted molar refractivity (Wildman–Crippen MR) is 205 cm³/mol. The normalized spacial score (nSPS) is 16.6. The van der Waals surface area contributed by atoms with Crippen LogP contribution in [0.1, 0.15) is 27.3 Å². The fourth-order valence-electron chi connectivity index (χ4n) is 5.19. The number of aromatic nitrogens is 4. The number of nitrogen functional groups attached to an aromatic ring is 1. The molecule has 25 heteroatoms. The van der Waals surface area contributed by atoms with Gasteiger partial charge in [-0.3, -0.25) is 28.9 Å². The molecule has 6 rings (SSSR count). The van der Waals surface area contributed by atoms with Crippen molar-refractivity contribution in [1.82, 2.24) is 29.8 Å². The fourth-order valence-corrected chi connectivity index (χ4v) is 9.32. The van der Waals surface area contributed by atoms with Gasteiger partial charge in [0.05, 0.1) is 5.56 Å². The molecule has 5 heterocycles. The number of rotatable bonds is 13. The van der Waals surface area contributed by atoms with Gasteiger partial charge in [-0.05, 0) is 37.1 Å². The Hall–Kier alpha value is -5.07. The zero-order valence-electron chi connectivity index (χ0n) is 28.5. The van der Waals surface area contributed by atoms with E-state index < -0.39 is 64.6 Å². The highest BCUT2D eigenvalue weighted by molar-refractivity contribution is 8.02. The number of fused-ring (bicyclic) bond motifs is 2. The average Bonchev–Trinajstić information content (AvgIpc) is 3.78. The summed E-state index contributed by atoms with van der Waals surface area (Å²) in [6, 6.07) is 2.38. The third-order valence-electron chi connectivity index (χ3n) is 7.64. The number of amides is 2. The smallest absolute Gasteiger partial charge is 0.366 e. The molecule has 4 N–H and O–H groups in total. The van der Waals surface area contributed by atoms with E-state index in [0.717, 1.165) is 38.2 Å². The zero-order valence-corrected chi connectivity index (χ0v) is 33.2. The van der Waals surface area contributed by atoms with Crippen LogP contribution >= 0.6 is 69.4 Å². The van der Waals surface area contributed by atoms with Gasteiger partial charge in [-0.15, -0.1) is 51.4 Å². The third kappa shape index (κ3) is 8.51. The summed E-state index contributed by atoms with van der Waals surface area (Å²) in [6.07, 6.45) is 0. The number of benzene rings is 1. The van der Waals surface area contributed by atoms with Crippen LogP contribution in [0.15, 0.2) is 49.1 Å². The van der Waals surface area contributed by atoms with Crippen LogP contribution in [0.25, 0.3) is 4.96 Å². The number of anilines is 1. The van der Waals surface area contributed by atoms with Crippen LogP contribution in [0.3, 0.4) is 0 Å². The van der Waals surface area contributed by atoms with Crippen LogP contribution in [-0.4, -0.2) is 106 Å². The van der Waals surface area contributed by atoms with Crippen molar-refractivity contribution in [3.05, 3.63) is 67.7 Å². The molecule has 0 unspecified atom stereocenters. The van der Waals surface area contributed by atoms with Gasteiger partial charge >= 0.3 is 23.9 Å². The standard InChI is InChI=1S/C31H24Cl2N8O11S4/c1-11-3-16(50-19(43)6-32)17(51-20(44)7-33)5-14(11)28(49)52-39-21(15-10-54-29(34)36-15)24(45)37-22-25(46)40-23(27(47)48)13(8-53-26(22)40)9-55-31-38-41-18(42)4-12(2)35-30(41)56-31/h3-5,10,22,26H,6-9H2,1-2H3,(H2,34,36)(H,37,45)(H,47,48)/t22-,26-/m1/s1. The Kier molecular flexibility index (Phi) is 12.3. The van der Waals surface area contributed by atoms with Crippen molar-refractivity contribution in [2.24, 2.45) is 5.16 Å². The maximum Gasteiger partial charge on any atom is 0.366 e. The van der Waals surface area contributed by atoms with Crippen molar-refractivity contribution in [2.45, 2.75) is 29.6 Å². The van der Waals surface area contributed by atoms with Gasteiger partial charge in [0.15, 0.2) is 26.7 Å². The van der Waals surface area contributed by atoms with Crippen LogP contribution in [0, 0.1) is 13.8 Å². The number of nitrogens with two attached hydrogens (primary N) is 1. The number of aliphatic carboxylic acids is 1. The first-order valence-electron chi connectivity index (χ1n) is 15.6. The number of nitrogens with one attached hydrogen (secondary N) is 1. The molecule has 0 saturated carbocycles. The van der Waals surface area contributed by atoms with Gasteiger partial charge in [-0.2, -0.15) is 4.52 Å². The number of carbonyl (C=O) groups is 6. The number of esters is 2. The van der Waals surface area contributed by atoms with Gasteiger partial charge in [-0.25, -0.2) is 19.6 Å². The number of ether oxygens (including phenoxy) is 2. The number of alkyl halides is 2. The molecule has 292 valence electrons. The largest absolute Gasteiger partial charge is 0.477 e. The molecule has 1 saturated heterocycles. The molecule has 2 atom stereocenters. The highest BCUT2D eigenvalue weighted by Crippen LogP contribution is 2.42. The summed E-state index contributed by atoms with van der Waals surface area (Å²) in [5, 5.41) is 21.2. The van der Waals surface area contributed by atoms with Crippen LogP contribution < -0.4 is 26.1 Å². The topological polar surface area (TPSA) is 264 Å². The second-order valence-electron chi connectivity index (χ2n) is 11.4. The van der Waals surface area contributed by atoms with E-state index in [2.05, 4.69) is 25.5 Å². The van der Waals surface area contributed by atoms with Gasteiger partial charge in [-0.1, -0.05) is 28.3 Å². The Morgan fingerprint density at radius 3 is 2.41 bits per heavy atom. The number of hydrogen-bond acceptors (Lipinski definition) is 19. The Balaban J connectivity index is 1.19. The number of aryl methyl sites for hydroxylation is 2. The van der Waals surface area contributed by atoms with Crippen molar-refractivity contribution >= 4 is 121 Å². The lowest BCUT2D eigenvalue weighted by molar-refractivity contribution is -0.150. The highest BCUT2D eigenvalue weighted by Gasteiger charge is 2.54. The monoisotopic (exact) mass is 882 g/mol. The van der Waals surface area contributed by atoms with Crippen LogP contribution in [0.2, 0.25) is 0 Å². The van der Waals surface area contributed by atoms with E-state index >= 15 is 0 Å². The van der Waals surface area contributed by atoms with Gasteiger partial charge in [0, 0.05) is 28.6 Å². The summed E-state index contributed by atoms with van der Waals surface area (Å²) in [5.74, 6) is -7.42. The second kappa shape index (κ2) is 17.0. The molecule has 56 heavy (non-hydrogen) atoms. The molecule has 4 aromatic rings. The van der Waals surface area contributed by atoms with E-state index in [1.165, 1.54) is 48.0 Å². The summed E-state index contributed by atoms with van der Waals surface area (Å²) >= 11 is 15.6. The number of halogens is 2. The van der Waals surface area contributed by atoms with Crippen LogP contribution in [0.4, 0.5) is 5.13 Å². The number of β-lactam (4-membered cyclic amide) rings is 1. The quantitative estimate of drug-likeness (QED) is 0.0254. The minimum atomic E-state index is -1.35. The Bertz CT molecular complexity index is 2450. The molecule has 0 spiro atoms. The summed E-state index contributed by atoms with van der Waals surface area (Å²) in [6.45, 7) is 3.13. The first-order valence-corrected chi connectivity index (χ1v) is 20.4. The molecular weight excluding hydrogens is 860 g/mol. The number of thiazole rings is 1. The second-order valence-corrected chi connectivity index (χ2v) is 16.1. The summed E-state index contributed by atoms with van der Waals surface area (Å²) in [4.78, 5) is 104.